The van der Waals surface area contributed by atoms with Gasteiger partial charge in [0.15, 0.2) is 0 Å². The van der Waals surface area contributed by atoms with Crippen molar-refractivity contribution in [3.8, 4) is 0 Å². The largest absolute Gasteiger partial charge is 0.334 e. The van der Waals surface area contributed by atoms with Crippen LogP contribution < -0.4 is 0 Å². The number of amides is 1. The van der Waals surface area contributed by atoms with Crippen LogP contribution >= 0.6 is 11.3 Å². The van der Waals surface area contributed by atoms with Crippen molar-refractivity contribution in [3.05, 3.63) is 57.8 Å². The molecule has 0 aliphatic heterocycles. The van der Waals surface area contributed by atoms with Crippen molar-refractivity contribution < 1.29 is 13.6 Å². The molecule has 2 nitrogen and oxygen atoms in total. The zero-order valence-corrected chi connectivity index (χ0v) is 11.2. The van der Waals surface area contributed by atoms with Crippen molar-refractivity contribution in [3.63, 3.8) is 0 Å². The summed E-state index contributed by atoms with van der Waals surface area (Å²) in [6, 6.07) is 7.20. The molecule has 0 radical (unpaired) electrons. The summed E-state index contributed by atoms with van der Waals surface area (Å²) in [5.74, 6) is -2.27. The van der Waals surface area contributed by atoms with E-state index in [2.05, 4.69) is 0 Å². The van der Waals surface area contributed by atoms with Crippen LogP contribution in [0.2, 0.25) is 0 Å². The van der Waals surface area contributed by atoms with Gasteiger partial charge in [-0.3, -0.25) is 4.79 Å². The first-order valence-electron chi connectivity index (χ1n) is 5.89. The van der Waals surface area contributed by atoms with E-state index < -0.39 is 23.1 Å². The summed E-state index contributed by atoms with van der Waals surface area (Å²) in [5, 5.41) is 1.90. The van der Waals surface area contributed by atoms with E-state index in [-0.39, 0.29) is 0 Å². The van der Waals surface area contributed by atoms with Gasteiger partial charge >= 0.3 is 0 Å². The number of rotatable bonds is 4. The minimum Gasteiger partial charge on any atom is -0.334 e. The summed E-state index contributed by atoms with van der Waals surface area (Å²) in [7, 11) is 0. The van der Waals surface area contributed by atoms with Crippen LogP contribution in [0.5, 0.6) is 0 Å². The minimum absolute atomic E-state index is 0.362. The van der Waals surface area contributed by atoms with Gasteiger partial charge in [0.2, 0.25) is 0 Å². The number of hydrogen-bond acceptors (Lipinski definition) is 2. The van der Waals surface area contributed by atoms with E-state index in [0.717, 1.165) is 17.0 Å². The molecule has 1 aromatic heterocycles. The summed E-state index contributed by atoms with van der Waals surface area (Å²) in [4.78, 5) is 14.6. The topological polar surface area (TPSA) is 20.3 Å². The molecule has 2 rings (SSSR count). The van der Waals surface area contributed by atoms with E-state index >= 15 is 0 Å². The minimum atomic E-state index is -0.824. The zero-order chi connectivity index (χ0) is 13.8. The van der Waals surface area contributed by atoms with Crippen molar-refractivity contribution in [1.29, 1.82) is 0 Å². The Labute approximate surface area is 114 Å². The van der Waals surface area contributed by atoms with Crippen LogP contribution in [0.1, 0.15) is 22.2 Å². The SMILES string of the molecule is CCN(Cc1cccs1)C(=O)c1c(F)cccc1F. The lowest BCUT2D eigenvalue weighted by molar-refractivity contribution is 0.0744. The number of thiophene rings is 1. The van der Waals surface area contributed by atoms with Crippen LogP contribution in [0.25, 0.3) is 0 Å². The van der Waals surface area contributed by atoms with E-state index in [1.165, 1.54) is 22.3 Å². The molecule has 2 aromatic rings. The Morgan fingerprint density at radius 1 is 1.21 bits per heavy atom. The number of nitrogens with zero attached hydrogens (tertiary/aromatic N) is 1. The van der Waals surface area contributed by atoms with Crippen LogP contribution in [0, 0.1) is 11.6 Å². The summed E-state index contributed by atoms with van der Waals surface area (Å²) in [6.07, 6.45) is 0. The third-order valence-electron chi connectivity index (χ3n) is 2.77. The van der Waals surface area contributed by atoms with E-state index in [1.54, 1.807) is 6.92 Å². The maximum Gasteiger partial charge on any atom is 0.260 e. The highest BCUT2D eigenvalue weighted by atomic mass is 32.1. The first-order chi connectivity index (χ1) is 9.13. The molecule has 1 amide bonds. The van der Waals surface area contributed by atoms with E-state index in [4.69, 9.17) is 0 Å². The summed E-state index contributed by atoms with van der Waals surface area (Å²) in [5.41, 5.74) is -0.485. The van der Waals surface area contributed by atoms with Gasteiger partial charge in [-0.05, 0) is 30.5 Å². The van der Waals surface area contributed by atoms with E-state index in [1.807, 2.05) is 17.5 Å². The number of halogens is 2. The number of hydrogen-bond donors (Lipinski definition) is 0. The average Bonchev–Trinajstić information content (AvgIpc) is 2.88. The van der Waals surface area contributed by atoms with Crippen molar-refractivity contribution in [1.82, 2.24) is 4.90 Å². The maximum atomic E-state index is 13.6. The lowest BCUT2D eigenvalue weighted by Crippen LogP contribution is -2.31. The molecule has 0 atom stereocenters. The first-order valence-corrected chi connectivity index (χ1v) is 6.77. The molecule has 19 heavy (non-hydrogen) atoms. The second kappa shape index (κ2) is 5.93. The van der Waals surface area contributed by atoms with Crippen LogP contribution in [-0.2, 0) is 6.54 Å². The second-order valence-corrected chi connectivity index (χ2v) is 5.03. The zero-order valence-electron chi connectivity index (χ0n) is 10.4. The molecule has 1 heterocycles. The third-order valence-corrected chi connectivity index (χ3v) is 3.63. The smallest absolute Gasteiger partial charge is 0.260 e. The normalized spacial score (nSPS) is 10.5. The molecule has 1 aromatic carbocycles. The van der Waals surface area contributed by atoms with Crippen molar-refractivity contribution in [2.75, 3.05) is 6.54 Å². The van der Waals surface area contributed by atoms with Gasteiger partial charge in [-0.15, -0.1) is 11.3 Å². The van der Waals surface area contributed by atoms with Crippen LogP contribution in [0.15, 0.2) is 35.7 Å². The molecule has 0 N–H and O–H groups in total. The lowest BCUT2D eigenvalue weighted by atomic mass is 10.1. The third kappa shape index (κ3) is 2.98. The van der Waals surface area contributed by atoms with Crippen molar-refractivity contribution in [2.45, 2.75) is 13.5 Å². The highest BCUT2D eigenvalue weighted by Crippen LogP contribution is 2.18. The predicted molar refractivity (Wildman–Crippen MR) is 71.1 cm³/mol. The van der Waals surface area contributed by atoms with Gasteiger partial charge in [0.25, 0.3) is 5.91 Å². The van der Waals surface area contributed by atoms with Crippen molar-refractivity contribution in [2.24, 2.45) is 0 Å². The predicted octanol–water partition coefficient (Wildman–Crippen LogP) is 3.69. The van der Waals surface area contributed by atoms with Crippen LogP contribution in [0.3, 0.4) is 0 Å². The van der Waals surface area contributed by atoms with Gasteiger partial charge < -0.3 is 4.90 Å². The summed E-state index contributed by atoms with van der Waals surface area (Å²) >= 11 is 1.51. The molecule has 0 aliphatic carbocycles. The fourth-order valence-corrected chi connectivity index (χ4v) is 2.50. The van der Waals surface area contributed by atoms with Gasteiger partial charge in [0, 0.05) is 11.4 Å². The van der Waals surface area contributed by atoms with E-state index in [9.17, 15) is 13.6 Å². The molecule has 0 spiro atoms. The quantitative estimate of drug-likeness (QED) is 0.837. The van der Waals surface area contributed by atoms with Gasteiger partial charge in [0.05, 0.1) is 6.54 Å². The Kier molecular flexibility index (Phi) is 4.27. The Bertz CT molecular complexity index is 549. The molecule has 0 unspecified atom stereocenters. The highest BCUT2D eigenvalue weighted by molar-refractivity contribution is 7.09. The second-order valence-electron chi connectivity index (χ2n) is 4.00. The first kappa shape index (κ1) is 13.7. The molecular weight excluding hydrogens is 268 g/mol. The fraction of sp³-hybridized carbons (Fsp3) is 0.214. The Morgan fingerprint density at radius 2 is 1.89 bits per heavy atom. The molecular formula is C14H13F2NOS. The molecule has 0 fully saturated rings. The molecule has 5 heteroatoms. The summed E-state index contributed by atoms with van der Waals surface area (Å²) in [6.45, 7) is 2.54. The maximum absolute atomic E-state index is 13.6. The number of carbonyl (C=O) groups is 1. The molecule has 100 valence electrons. The molecule has 0 bridgehead atoms. The van der Waals surface area contributed by atoms with Crippen LogP contribution in [0.4, 0.5) is 8.78 Å². The Balaban J connectivity index is 2.26. The molecule has 0 saturated heterocycles. The van der Waals surface area contributed by atoms with Gasteiger partial charge in [0.1, 0.15) is 17.2 Å². The Morgan fingerprint density at radius 3 is 2.42 bits per heavy atom. The molecule has 0 aliphatic rings. The monoisotopic (exact) mass is 281 g/mol. The number of benzene rings is 1. The lowest BCUT2D eigenvalue weighted by Gasteiger charge is -2.20. The Hall–Kier alpha value is -1.75. The van der Waals surface area contributed by atoms with Crippen LogP contribution in [-0.4, -0.2) is 17.4 Å². The average molecular weight is 281 g/mol. The summed E-state index contributed by atoms with van der Waals surface area (Å²) < 4.78 is 27.2. The fourth-order valence-electron chi connectivity index (χ4n) is 1.78. The standard InChI is InChI=1S/C14H13F2NOS/c1-2-17(9-10-5-4-8-19-10)14(18)13-11(15)6-3-7-12(13)16/h3-8H,2,9H2,1H3. The van der Waals surface area contributed by atoms with Gasteiger partial charge in [-0.2, -0.15) is 0 Å². The van der Waals surface area contributed by atoms with Crippen molar-refractivity contribution >= 4 is 17.2 Å². The molecule has 0 saturated carbocycles. The number of carbonyl (C=O) groups excluding carboxylic acids is 1. The van der Waals surface area contributed by atoms with Gasteiger partial charge in [-0.1, -0.05) is 12.1 Å². The highest BCUT2D eigenvalue weighted by Gasteiger charge is 2.22. The van der Waals surface area contributed by atoms with E-state index in [0.29, 0.717) is 13.1 Å². The van der Waals surface area contributed by atoms with Gasteiger partial charge in [-0.25, -0.2) is 8.78 Å².